The second-order valence-corrected chi connectivity index (χ2v) is 4.97. The van der Waals surface area contributed by atoms with E-state index < -0.39 is 0 Å². The molecule has 0 fully saturated rings. The number of benzene rings is 1. The van der Waals surface area contributed by atoms with Crippen LogP contribution in [0.4, 0.5) is 5.69 Å². The van der Waals surface area contributed by atoms with Crippen LogP contribution in [0.15, 0.2) is 29.6 Å². The summed E-state index contributed by atoms with van der Waals surface area (Å²) in [6, 6.07) is 7.78. The molecule has 0 saturated carbocycles. The third kappa shape index (κ3) is 1.55. The third-order valence-corrected chi connectivity index (χ3v) is 3.91. The van der Waals surface area contributed by atoms with Crippen LogP contribution < -0.4 is 10.5 Å². The van der Waals surface area contributed by atoms with E-state index in [4.69, 9.17) is 10.5 Å². The van der Waals surface area contributed by atoms with Crippen molar-refractivity contribution in [3.8, 4) is 16.5 Å². The highest BCUT2D eigenvalue weighted by Gasteiger charge is 2.13. The molecular formula is C13H13N3OS. The fourth-order valence-electron chi connectivity index (χ4n) is 2.01. The predicted molar refractivity (Wildman–Crippen MR) is 75.0 cm³/mol. The average molecular weight is 259 g/mol. The molecule has 2 N–H and O–H groups in total. The maximum absolute atomic E-state index is 5.95. The predicted octanol–water partition coefficient (Wildman–Crippen LogP) is 2.89. The van der Waals surface area contributed by atoms with Gasteiger partial charge in [-0.05, 0) is 23.6 Å². The summed E-state index contributed by atoms with van der Waals surface area (Å²) in [5, 5.41) is 1.98. The van der Waals surface area contributed by atoms with Crippen molar-refractivity contribution in [3.63, 3.8) is 0 Å². The molecule has 4 nitrogen and oxygen atoms in total. The maximum Gasteiger partial charge on any atom is 0.153 e. The summed E-state index contributed by atoms with van der Waals surface area (Å²) in [4.78, 5) is 5.64. The lowest BCUT2D eigenvalue weighted by Gasteiger charge is -2.01. The van der Waals surface area contributed by atoms with Crippen LogP contribution >= 0.6 is 11.3 Å². The van der Waals surface area contributed by atoms with Crippen LogP contribution in [0.2, 0.25) is 0 Å². The number of nitrogens with zero attached hydrogens (tertiary/aromatic N) is 2. The Morgan fingerprint density at radius 1 is 1.33 bits per heavy atom. The van der Waals surface area contributed by atoms with Crippen molar-refractivity contribution in [2.24, 2.45) is 7.05 Å². The van der Waals surface area contributed by atoms with Gasteiger partial charge in [0.2, 0.25) is 0 Å². The summed E-state index contributed by atoms with van der Waals surface area (Å²) >= 11 is 1.60. The van der Waals surface area contributed by atoms with E-state index in [1.165, 1.54) is 0 Å². The van der Waals surface area contributed by atoms with E-state index in [0.29, 0.717) is 0 Å². The van der Waals surface area contributed by atoms with Crippen LogP contribution in [0.25, 0.3) is 21.7 Å². The summed E-state index contributed by atoms with van der Waals surface area (Å²) < 4.78 is 7.27. The van der Waals surface area contributed by atoms with Gasteiger partial charge in [0, 0.05) is 13.1 Å². The minimum Gasteiger partial charge on any atom is -0.497 e. The van der Waals surface area contributed by atoms with Crippen molar-refractivity contribution in [2.75, 3.05) is 12.8 Å². The summed E-state index contributed by atoms with van der Waals surface area (Å²) in [5.41, 5.74) is 8.71. The van der Waals surface area contributed by atoms with Crippen LogP contribution in [0.1, 0.15) is 0 Å². The second kappa shape index (κ2) is 4.03. The van der Waals surface area contributed by atoms with Crippen molar-refractivity contribution in [1.82, 2.24) is 9.55 Å². The third-order valence-electron chi connectivity index (χ3n) is 2.99. The van der Waals surface area contributed by atoms with Gasteiger partial charge in [-0.2, -0.15) is 0 Å². The van der Waals surface area contributed by atoms with Gasteiger partial charge in [0.25, 0.3) is 0 Å². The Bertz CT molecular complexity index is 714. The lowest BCUT2D eigenvalue weighted by molar-refractivity contribution is 0.415. The number of ether oxygens (including phenoxy) is 1. The van der Waals surface area contributed by atoms with Gasteiger partial charge in [0.05, 0.1) is 28.7 Å². The van der Waals surface area contributed by atoms with Gasteiger partial charge >= 0.3 is 0 Å². The van der Waals surface area contributed by atoms with E-state index >= 15 is 0 Å². The van der Waals surface area contributed by atoms with Gasteiger partial charge in [0.15, 0.2) is 5.82 Å². The van der Waals surface area contributed by atoms with Gasteiger partial charge in [0.1, 0.15) is 5.75 Å². The maximum atomic E-state index is 5.95. The number of nitrogens with two attached hydrogens (primary N) is 1. The van der Waals surface area contributed by atoms with Crippen molar-refractivity contribution < 1.29 is 4.74 Å². The molecule has 0 amide bonds. The Kier molecular flexibility index (Phi) is 2.48. The van der Waals surface area contributed by atoms with E-state index in [9.17, 15) is 0 Å². The molecule has 3 aromatic rings. The Morgan fingerprint density at radius 2 is 2.17 bits per heavy atom. The summed E-state index contributed by atoms with van der Waals surface area (Å²) in [7, 11) is 3.65. The molecule has 0 bridgehead atoms. The standard InChI is InChI=1S/C13H13N3OS/c1-16-11-4-3-8(17-2)7-10(11)15-13(16)12-9(14)5-6-18-12/h3-7H,14H2,1-2H3. The number of rotatable bonds is 2. The number of nitrogen functional groups attached to an aromatic ring is 1. The molecule has 0 radical (unpaired) electrons. The summed E-state index contributed by atoms with van der Waals surface area (Å²) in [6.07, 6.45) is 0. The van der Waals surface area contributed by atoms with E-state index in [-0.39, 0.29) is 0 Å². The van der Waals surface area contributed by atoms with Gasteiger partial charge in [-0.15, -0.1) is 11.3 Å². The van der Waals surface area contributed by atoms with Crippen LogP contribution in [0.3, 0.4) is 0 Å². The zero-order chi connectivity index (χ0) is 12.7. The zero-order valence-corrected chi connectivity index (χ0v) is 11.0. The number of fused-ring (bicyclic) bond motifs is 1. The number of thiophene rings is 1. The quantitative estimate of drug-likeness (QED) is 0.770. The second-order valence-electron chi connectivity index (χ2n) is 4.05. The Hall–Kier alpha value is -2.01. The lowest BCUT2D eigenvalue weighted by Crippen LogP contribution is -1.93. The first-order valence-corrected chi connectivity index (χ1v) is 6.42. The number of imidazole rings is 1. The van der Waals surface area contributed by atoms with Crippen LogP contribution in [0, 0.1) is 0 Å². The van der Waals surface area contributed by atoms with Crippen molar-refractivity contribution in [1.29, 1.82) is 0 Å². The van der Waals surface area contributed by atoms with Crippen LogP contribution in [-0.2, 0) is 7.05 Å². The number of methoxy groups -OCH3 is 1. The largest absolute Gasteiger partial charge is 0.497 e. The molecule has 0 atom stereocenters. The summed E-state index contributed by atoms with van der Waals surface area (Å²) in [5.74, 6) is 1.71. The highest BCUT2D eigenvalue weighted by atomic mass is 32.1. The first kappa shape index (κ1) is 11.1. The monoisotopic (exact) mass is 259 g/mol. The van der Waals surface area contributed by atoms with Crippen molar-refractivity contribution >= 4 is 28.1 Å². The normalized spacial score (nSPS) is 11.0. The first-order valence-electron chi connectivity index (χ1n) is 5.54. The molecule has 0 aliphatic rings. The number of hydrogen-bond donors (Lipinski definition) is 1. The fourth-order valence-corrected chi connectivity index (χ4v) is 2.85. The topological polar surface area (TPSA) is 53.1 Å². The highest BCUT2D eigenvalue weighted by Crippen LogP contribution is 2.33. The molecule has 5 heteroatoms. The van der Waals surface area contributed by atoms with Gasteiger partial charge in [-0.1, -0.05) is 0 Å². The highest BCUT2D eigenvalue weighted by molar-refractivity contribution is 7.14. The zero-order valence-electron chi connectivity index (χ0n) is 10.2. The van der Waals surface area contributed by atoms with Crippen LogP contribution in [0.5, 0.6) is 5.75 Å². The Balaban J connectivity index is 2.25. The molecule has 0 aliphatic carbocycles. The van der Waals surface area contributed by atoms with Crippen LogP contribution in [-0.4, -0.2) is 16.7 Å². The number of aryl methyl sites for hydroxylation is 1. The molecule has 92 valence electrons. The van der Waals surface area contributed by atoms with E-state index in [1.807, 2.05) is 36.7 Å². The average Bonchev–Trinajstić information content (AvgIpc) is 2.93. The summed E-state index contributed by atoms with van der Waals surface area (Å²) in [6.45, 7) is 0. The molecular weight excluding hydrogens is 246 g/mol. The minimum absolute atomic E-state index is 0.769. The lowest BCUT2D eigenvalue weighted by atomic mass is 10.3. The number of anilines is 1. The van der Waals surface area contributed by atoms with Gasteiger partial charge in [-0.25, -0.2) is 4.98 Å². The molecule has 18 heavy (non-hydrogen) atoms. The van der Waals surface area contributed by atoms with Gasteiger partial charge < -0.3 is 15.0 Å². The van der Waals surface area contributed by atoms with Crippen molar-refractivity contribution in [3.05, 3.63) is 29.6 Å². The van der Waals surface area contributed by atoms with E-state index in [1.54, 1.807) is 18.4 Å². The smallest absolute Gasteiger partial charge is 0.153 e. The molecule has 0 aliphatic heterocycles. The number of aromatic nitrogens is 2. The molecule has 3 rings (SSSR count). The fraction of sp³-hybridized carbons (Fsp3) is 0.154. The molecule has 0 spiro atoms. The Morgan fingerprint density at radius 3 is 2.83 bits per heavy atom. The number of hydrogen-bond acceptors (Lipinski definition) is 4. The molecule has 2 heterocycles. The van der Waals surface area contributed by atoms with Crippen molar-refractivity contribution in [2.45, 2.75) is 0 Å². The minimum atomic E-state index is 0.769. The van der Waals surface area contributed by atoms with Gasteiger partial charge in [-0.3, -0.25) is 0 Å². The Labute approximate surface area is 109 Å². The first-order chi connectivity index (χ1) is 8.70. The van der Waals surface area contributed by atoms with E-state index in [0.717, 1.165) is 33.2 Å². The molecule has 1 aromatic carbocycles. The molecule has 0 unspecified atom stereocenters. The molecule has 2 aromatic heterocycles. The SMILES string of the molecule is COc1ccc2c(c1)nc(-c1sccc1N)n2C. The van der Waals surface area contributed by atoms with E-state index in [2.05, 4.69) is 9.55 Å². The molecule has 0 saturated heterocycles.